The molecule has 0 fully saturated rings. The van der Waals surface area contributed by atoms with Crippen molar-refractivity contribution in [2.24, 2.45) is 5.41 Å². The number of ether oxygens (including phenoxy) is 1. The highest BCUT2D eigenvalue weighted by molar-refractivity contribution is 5.36. The molecule has 0 amide bonds. The molecule has 0 saturated heterocycles. The Labute approximate surface area is 118 Å². The second kappa shape index (κ2) is 6.95. The molecule has 19 heavy (non-hydrogen) atoms. The summed E-state index contributed by atoms with van der Waals surface area (Å²) in [5.74, 6) is 1.02. The fourth-order valence-electron chi connectivity index (χ4n) is 1.77. The highest BCUT2D eigenvalue weighted by atomic mass is 16.5. The van der Waals surface area contributed by atoms with E-state index in [9.17, 15) is 0 Å². The van der Waals surface area contributed by atoms with Crippen molar-refractivity contribution in [2.45, 2.75) is 60.5 Å². The van der Waals surface area contributed by atoms with Gasteiger partial charge in [-0.15, -0.1) is 0 Å². The molecule has 0 bridgehead atoms. The Morgan fingerprint density at radius 3 is 2.47 bits per heavy atom. The van der Waals surface area contributed by atoms with E-state index in [1.807, 2.05) is 0 Å². The number of hydrogen-bond acceptors (Lipinski definition) is 2. The fourth-order valence-corrected chi connectivity index (χ4v) is 1.77. The van der Waals surface area contributed by atoms with Crippen molar-refractivity contribution in [3.8, 4) is 5.75 Å². The molecule has 0 saturated carbocycles. The van der Waals surface area contributed by atoms with Crippen LogP contribution in [-0.4, -0.2) is 12.6 Å². The lowest BCUT2D eigenvalue weighted by molar-refractivity contribution is 0.241. The average Bonchev–Trinajstić information content (AvgIpc) is 2.27. The van der Waals surface area contributed by atoms with Crippen LogP contribution < -0.4 is 10.1 Å². The van der Waals surface area contributed by atoms with Crippen LogP contribution in [0.25, 0.3) is 0 Å². The minimum absolute atomic E-state index is 0.320. The van der Waals surface area contributed by atoms with Crippen LogP contribution in [0.4, 0.5) is 0 Å². The van der Waals surface area contributed by atoms with Gasteiger partial charge in [-0.25, -0.2) is 0 Å². The van der Waals surface area contributed by atoms with Crippen LogP contribution in [-0.2, 0) is 6.54 Å². The van der Waals surface area contributed by atoms with E-state index in [1.165, 1.54) is 11.1 Å². The molecule has 108 valence electrons. The van der Waals surface area contributed by atoms with E-state index < -0.39 is 0 Å². The highest BCUT2D eigenvalue weighted by Gasteiger charge is 2.11. The van der Waals surface area contributed by atoms with Crippen LogP contribution >= 0.6 is 0 Å². The van der Waals surface area contributed by atoms with Crippen molar-refractivity contribution in [3.05, 3.63) is 29.3 Å². The maximum absolute atomic E-state index is 5.96. The Bertz CT molecular complexity index is 391. The monoisotopic (exact) mass is 263 g/mol. The number of nitrogens with one attached hydrogen (secondary N) is 1. The van der Waals surface area contributed by atoms with Gasteiger partial charge in [0.05, 0.1) is 6.61 Å². The standard InChI is InChI=1S/C17H29NO/c1-13(2)18-12-15-11-14(3)7-8-16(15)19-10-9-17(4,5)6/h7-8,11,13,18H,9-10,12H2,1-6H3. The minimum Gasteiger partial charge on any atom is -0.493 e. The average molecular weight is 263 g/mol. The maximum Gasteiger partial charge on any atom is 0.123 e. The van der Waals surface area contributed by atoms with Crippen molar-refractivity contribution in [2.75, 3.05) is 6.61 Å². The molecule has 1 aromatic carbocycles. The van der Waals surface area contributed by atoms with E-state index in [-0.39, 0.29) is 0 Å². The van der Waals surface area contributed by atoms with E-state index in [0.717, 1.165) is 25.3 Å². The summed E-state index contributed by atoms with van der Waals surface area (Å²) in [5.41, 5.74) is 2.85. The largest absolute Gasteiger partial charge is 0.493 e. The Morgan fingerprint density at radius 2 is 1.89 bits per heavy atom. The lowest BCUT2D eigenvalue weighted by Gasteiger charge is -2.19. The van der Waals surface area contributed by atoms with Gasteiger partial charge in [0.15, 0.2) is 0 Å². The Balaban J connectivity index is 2.65. The van der Waals surface area contributed by atoms with Crippen molar-refractivity contribution < 1.29 is 4.74 Å². The Hall–Kier alpha value is -1.02. The highest BCUT2D eigenvalue weighted by Crippen LogP contribution is 2.23. The molecule has 0 aliphatic heterocycles. The van der Waals surface area contributed by atoms with Gasteiger partial charge in [-0.2, -0.15) is 0 Å². The SMILES string of the molecule is Cc1ccc(OCCC(C)(C)C)c(CNC(C)C)c1. The molecule has 0 aromatic heterocycles. The third kappa shape index (κ3) is 6.63. The van der Waals surface area contributed by atoms with Crippen molar-refractivity contribution >= 4 is 0 Å². The molecular formula is C17H29NO. The van der Waals surface area contributed by atoms with E-state index in [1.54, 1.807) is 0 Å². The first-order valence-corrected chi connectivity index (χ1v) is 7.23. The van der Waals surface area contributed by atoms with Crippen molar-refractivity contribution in [1.29, 1.82) is 0 Å². The summed E-state index contributed by atoms with van der Waals surface area (Å²) in [7, 11) is 0. The second-order valence-corrected chi connectivity index (χ2v) is 6.81. The van der Waals surface area contributed by atoms with Gasteiger partial charge in [-0.1, -0.05) is 52.3 Å². The topological polar surface area (TPSA) is 21.3 Å². The maximum atomic E-state index is 5.96. The zero-order chi connectivity index (χ0) is 14.5. The molecule has 2 nitrogen and oxygen atoms in total. The lowest BCUT2D eigenvalue weighted by atomic mass is 9.93. The summed E-state index contributed by atoms with van der Waals surface area (Å²) < 4.78 is 5.96. The van der Waals surface area contributed by atoms with Crippen LogP contribution in [0.15, 0.2) is 18.2 Å². The molecule has 0 atom stereocenters. The Morgan fingerprint density at radius 1 is 1.21 bits per heavy atom. The van der Waals surface area contributed by atoms with E-state index in [0.29, 0.717) is 11.5 Å². The van der Waals surface area contributed by atoms with Gasteiger partial charge >= 0.3 is 0 Å². The van der Waals surface area contributed by atoms with Crippen LogP contribution in [0.1, 0.15) is 52.2 Å². The predicted octanol–water partition coefficient (Wildman–Crippen LogP) is 4.31. The van der Waals surface area contributed by atoms with Gasteiger partial charge in [0.2, 0.25) is 0 Å². The van der Waals surface area contributed by atoms with E-state index in [2.05, 4.69) is 65.1 Å². The molecule has 0 aliphatic rings. The summed E-state index contributed by atoms with van der Waals surface area (Å²) in [6.45, 7) is 14.8. The first kappa shape index (κ1) is 16.0. The number of rotatable bonds is 6. The minimum atomic E-state index is 0.320. The molecule has 0 aliphatic carbocycles. The number of hydrogen-bond donors (Lipinski definition) is 1. The smallest absolute Gasteiger partial charge is 0.123 e. The van der Waals surface area contributed by atoms with Crippen LogP contribution in [0, 0.1) is 12.3 Å². The molecule has 1 aromatic rings. The molecule has 1 N–H and O–H groups in total. The third-order valence-corrected chi connectivity index (χ3v) is 3.03. The molecule has 0 spiro atoms. The summed E-state index contributed by atoms with van der Waals surface area (Å²) in [6, 6.07) is 6.91. The summed E-state index contributed by atoms with van der Waals surface area (Å²) in [6.07, 6.45) is 1.07. The van der Waals surface area contributed by atoms with Crippen molar-refractivity contribution in [1.82, 2.24) is 5.32 Å². The van der Waals surface area contributed by atoms with Crippen LogP contribution in [0.3, 0.4) is 0 Å². The van der Waals surface area contributed by atoms with Gasteiger partial charge in [0.1, 0.15) is 5.75 Å². The van der Waals surface area contributed by atoms with E-state index in [4.69, 9.17) is 4.74 Å². The molecule has 0 radical (unpaired) electrons. The zero-order valence-electron chi connectivity index (χ0n) is 13.3. The molecule has 0 heterocycles. The van der Waals surface area contributed by atoms with Crippen LogP contribution in [0.2, 0.25) is 0 Å². The predicted molar refractivity (Wildman–Crippen MR) is 82.7 cm³/mol. The lowest BCUT2D eigenvalue weighted by Crippen LogP contribution is -2.22. The Kier molecular flexibility index (Phi) is 5.86. The number of benzene rings is 1. The van der Waals surface area contributed by atoms with Crippen LogP contribution in [0.5, 0.6) is 5.75 Å². The summed E-state index contributed by atoms with van der Waals surface area (Å²) in [5, 5.41) is 3.46. The van der Waals surface area contributed by atoms with Gasteiger partial charge < -0.3 is 10.1 Å². The van der Waals surface area contributed by atoms with Gasteiger partial charge in [0, 0.05) is 18.2 Å². The summed E-state index contributed by atoms with van der Waals surface area (Å²) in [4.78, 5) is 0. The fraction of sp³-hybridized carbons (Fsp3) is 0.647. The first-order valence-electron chi connectivity index (χ1n) is 7.23. The first-order chi connectivity index (χ1) is 8.78. The normalized spacial score (nSPS) is 11.9. The van der Waals surface area contributed by atoms with E-state index >= 15 is 0 Å². The second-order valence-electron chi connectivity index (χ2n) is 6.81. The zero-order valence-corrected chi connectivity index (χ0v) is 13.3. The molecule has 2 heteroatoms. The van der Waals surface area contributed by atoms with Crippen molar-refractivity contribution in [3.63, 3.8) is 0 Å². The third-order valence-electron chi connectivity index (χ3n) is 3.03. The molecular weight excluding hydrogens is 234 g/mol. The molecule has 0 unspecified atom stereocenters. The molecule has 1 rings (SSSR count). The van der Waals surface area contributed by atoms with Gasteiger partial charge in [-0.05, 0) is 24.8 Å². The summed E-state index contributed by atoms with van der Waals surface area (Å²) >= 11 is 0. The number of aryl methyl sites for hydroxylation is 1. The van der Waals surface area contributed by atoms with Gasteiger partial charge in [-0.3, -0.25) is 0 Å². The quantitative estimate of drug-likeness (QED) is 0.826. The van der Waals surface area contributed by atoms with Gasteiger partial charge in [0.25, 0.3) is 0 Å².